The van der Waals surface area contributed by atoms with Crippen molar-refractivity contribution in [2.45, 2.75) is 0 Å². The van der Waals surface area contributed by atoms with E-state index in [1.807, 2.05) is 0 Å². The molecule has 4 N–H and O–H groups in total. The van der Waals surface area contributed by atoms with E-state index in [-0.39, 0.29) is 11.8 Å². The Morgan fingerprint density at radius 2 is 2.40 bits per heavy atom. The monoisotopic (exact) mass is 233 g/mol. The van der Waals surface area contributed by atoms with Crippen LogP contribution in [0.1, 0.15) is 0 Å². The highest BCUT2D eigenvalue weighted by atomic mass is 32.2. The molecule has 1 unspecified atom stereocenters. The normalized spacial score (nSPS) is 12.2. The number of anilines is 2. The molecule has 0 radical (unpaired) electrons. The molecule has 15 heavy (non-hydrogen) atoms. The molecular weight excluding hydrogens is 221 g/mol. The maximum Gasteiger partial charge on any atom is 0.239 e. The molecule has 0 saturated carbocycles. The van der Waals surface area contributed by atoms with Gasteiger partial charge in [0, 0.05) is 29.4 Å². The summed E-state index contributed by atoms with van der Waals surface area (Å²) in [6.45, 7) is 0.376. The minimum atomic E-state index is -0.922. The average Bonchev–Trinajstić information content (AvgIpc) is 2.20. The van der Waals surface area contributed by atoms with E-state index in [0.29, 0.717) is 12.3 Å². The van der Waals surface area contributed by atoms with Crippen LogP contribution in [0.25, 0.3) is 0 Å². The number of rotatable bonds is 5. The van der Waals surface area contributed by atoms with Crippen LogP contribution in [0.4, 0.5) is 16.2 Å². The van der Waals surface area contributed by atoms with Gasteiger partial charge in [0.25, 0.3) is 0 Å². The van der Waals surface area contributed by atoms with Gasteiger partial charge in [0.15, 0.2) is 11.6 Å². The zero-order valence-electron chi connectivity index (χ0n) is 8.16. The van der Waals surface area contributed by atoms with Crippen molar-refractivity contribution < 1.29 is 8.60 Å². The molecule has 1 heterocycles. The van der Waals surface area contributed by atoms with Crippen LogP contribution in [-0.2, 0) is 10.8 Å². The Bertz CT molecular complexity index is 361. The molecule has 0 spiro atoms. The third-order valence-electron chi connectivity index (χ3n) is 1.56. The molecule has 0 aliphatic carbocycles. The number of hydrazine groups is 1. The van der Waals surface area contributed by atoms with Gasteiger partial charge in [-0.2, -0.15) is 4.98 Å². The highest BCUT2D eigenvalue weighted by molar-refractivity contribution is 7.84. The first-order valence-electron chi connectivity index (χ1n) is 4.16. The molecule has 1 aromatic heterocycles. The molecule has 0 saturated heterocycles. The van der Waals surface area contributed by atoms with Crippen LogP contribution in [0.3, 0.4) is 0 Å². The summed E-state index contributed by atoms with van der Waals surface area (Å²) >= 11 is 0. The lowest BCUT2D eigenvalue weighted by atomic mass is 10.5. The zero-order chi connectivity index (χ0) is 11.3. The van der Waals surface area contributed by atoms with Crippen molar-refractivity contribution in [1.82, 2.24) is 9.97 Å². The topological polar surface area (TPSA) is 92.9 Å². The first-order valence-corrected chi connectivity index (χ1v) is 5.89. The average molecular weight is 233 g/mol. The van der Waals surface area contributed by atoms with Gasteiger partial charge in [-0.05, 0) is 0 Å². The number of hydrogen-bond acceptors (Lipinski definition) is 6. The minimum Gasteiger partial charge on any atom is -0.367 e. The van der Waals surface area contributed by atoms with Crippen LogP contribution in [0, 0.1) is 5.82 Å². The lowest BCUT2D eigenvalue weighted by molar-refractivity contribution is 0.617. The second-order valence-electron chi connectivity index (χ2n) is 2.74. The molecule has 0 fully saturated rings. The number of nitrogen functional groups attached to an aromatic ring is 1. The fourth-order valence-electron chi connectivity index (χ4n) is 0.874. The highest BCUT2D eigenvalue weighted by Gasteiger charge is 2.05. The lowest BCUT2D eigenvalue weighted by Gasteiger charge is -2.06. The van der Waals surface area contributed by atoms with Crippen molar-refractivity contribution >= 4 is 22.6 Å². The Labute approximate surface area is 88.9 Å². The van der Waals surface area contributed by atoms with E-state index in [9.17, 15) is 8.60 Å². The van der Waals surface area contributed by atoms with Gasteiger partial charge in [0.05, 0.1) is 6.20 Å². The largest absolute Gasteiger partial charge is 0.367 e. The molecule has 1 atom stereocenters. The van der Waals surface area contributed by atoms with Gasteiger partial charge in [0.2, 0.25) is 5.95 Å². The van der Waals surface area contributed by atoms with Crippen molar-refractivity contribution in [3.8, 4) is 0 Å². The molecule has 8 heteroatoms. The number of aromatic nitrogens is 2. The van der Waals surface area contributed by atoms with E-state index in [0.717, 1.165) is 6.20 Å². The maximum absolute atomic E-state index is 13.1. The second kappa shape index (κ2) is 5.56. The summed E-state index contributed by atoms with van der Waals surface area (Å²) < 4.78 is 23.9. The Morgan fingerprint density at radius 3 is 3.00 bits per heavy atom. The molecular formula is C7H12FN5OS. The van der Waals surface area contributed by atoms with E-state index in [1.165, 1.54) is 0 Å². The molecule has 1 rings (SSSR count). The summed E-state index contributed by atoms with van der Waals surface area (Å²) in [6, 6.07) is 0. The molecule has 1 aromatic rings. The number of hydrogen-bond donors (Lipinski definition) is 3. The van der Waals surface area contributed by atoms with Crippen molar-refractivity contribution in [2.75, 3.05) is 29.3 Å². The van der Waals surface area contributed by atoms with Crippen molar-refractivity contribution in [1.29, 1.82) is 0 Å². The molecule has 0 amide bonds. The zero-order valence-corrected chi connectivity index (χ0v) is 8.97. The highest BCUT2D eigenvalue weighted by Crippen LogP contribution is 2.10. The predicted octanol–water partition coefficient (Wildman–Crippen LogP) is -0.308. The predicted molar refractivity (Wildman–Crippen MR) is 57.2 cm³/mol. The third kappa shape index (κ3) is 3.76. The first-order chi connectivity index (χ1) is 7.13. The van der Waals surface area contributed by atoms with E-state index in [2.05, 4.69) is 20.7 Å². The fraction of sp³-hybridized carbons (Fsp3) is 0.429. The number of nitrogens with two attached hydrogens (primary N) is 1. The van der Waals surface area contributed by atoms with Crippen molar-refractivity contribution in [3.05, 3.63) is 12.0 Å². The summed E-state index contributed by atoms with van der Waals surface area (Å²) in [7, 11) is -0.922. The van der Waals surface area contributed by atoms with Gasteiger partial charge < -0.3 is 5.32 Å². The molecule has 6 nitrogen and oxygen atoms in total. The third-order valence-corrected chi connectivity index (χ3v) is 2.33. The Morgan fingerprint density at radius 1 is 1.67 bits per heavy atom. The molecule has 0 bridgehead atoms. The molecule has 84 valence electrons. The summed E-state index contributed by atoms with van der Waals surface area (Å²) in [6.07, 6.45) is 2.58. The minimum absolute atomic E-state index is 0.0448. The summed E-state index contributed by atoms with van der Waals surface area (Å²) in [5, 5.41) is 2.70. The van der Waals surface area contributed by atoms with Crippen molar-refractivity contribution in [2.24, 2.45) is 5.84 Å². The maximum atomic E-state index is 13.1. The van der Waals surface area contributed by atoms with Crippen LogP contribution < -0.4 is 16.6 Å². The van der Waals surface area contributed by atoms with Crippen LogP contribution in [0.2, 0.25) is 0 Å². The Balaban J connectivity index is 2.62. The van der Waals surface area contributed by atoms with Crippen LogP contribution in [0.5, 0.6) is 0 Å². The van der Waals surface area contributed by atoms with E-state index < -0.39 is 16.6 Å². The van der Waals surface area contributed by atoms with Gasteiger partial charge in [-0.1, -0.05) is 0 Å². The van der Waals surface area contributed by atoms with Crippen LogP contribution in [-0.4, -0.2) is 32.7 Å². The van der Waals surface area contributed by atoms with Crippen LogP contribution in [0.15, 0.2) is 6.20 Å². The Kier molecular flexibility index (Phi) is 4.37. The second-order valence-corrected chi connectivity index (χ2v) is 4.29. The number of nitrogens with one attached hydrogen (secondary N) is 2. The quantitative estimate of drug-likeness (QED) is 0.477. The molecule has 0 aliphatic rings. The Hall–Kier alpha value is -1.28. The van der Waals surface area contributed by atoms with E-state index in [4.69, 9.17) is 5.84 Å². The van der Waals surface area contributed by atoms with Crippen LogP contribution >= 0.6 is 0 Å². The van der Waals surface area contributed by atoms with Crippen molar-refractivity contribution in [3.63, 3.8) is 0 Å². The van der Waals surface area contributed by atoms with Gasteiger partial charge in [-0.15, -0.1) is 0 Å². The standard InChI is InChI=1S/C7H12FN5OS/c1-15(14)3-2-10-6-5(8)4-11-7(12-6)13-9/h4H,2-3,9H2,1H3,(H2,10,11,12,13). The number of nitrogens with zero attached hydrogens (tertiary/aromatic N) is 2. The summed E-state index contributed by atoms with van der Waals surface area (Å²) in [5.41, 5.74) is 2.20. The molecule has 0 aromatic carbocycles. The lowest BCUT2D eigenvalue weighted by Crippen LogP contribution is -2.15. The summed E-state index contributed by atoms with van der Waals surface area (Å²) in [4.78, 5) is 7.33. The van der Waals surface area contributed by atoms with Gasteiger partial charge in [-0.25, -0.2) is 15.2 Å². The fourth-order valence-corrected chi connectivity index (χ4v) is 1.26. The molecule has 0 aliphatic heterocycles. The summed E-state index contributed by atoms with van der Waals surface area (Å²) in [5.74, 6) is 5.09. The van der Waals surface area contributed by atoms with Gasteiger partial charge in [0.1, 0.15) is 0 Å². The van der Waals surface area contributed by atoms with E-state index in [1.54, 1.807) is 6.26 Å². The van der Waals surface area contributed by atoms with Gasteiger partial charge >= 0.3 is 0 Å². The van der Waals surface area contributed by atoms with Gasteiger partial charge in [-0.3, -0.25) is 9.63 Å². The first kappa shape index (κ1) is 11.8. The number of halogens is 1. The smallest absolute Gasteiger partial charge is 0.239 e. The van der Waals surface area contributed by atoms with E-state index >= 15 is 0 Å². The SMILES string of the molecule is CS(=O)CCNc1nc(NN)ncc1F.